The lowest BCUT2D eigenvalue weighted by atomic mass is 10.1. The molecule has 1 atom stereocenters. The molecule has 17 heavy (non-hydrogen) atoms. The average molecular weight is 236 g/mol. The fourth-order valence-electron chi connectivity index (χ4n) is 2.61. The van der Waals surface area contributed by atoms with Crippen LogP contribution in [0, 0.1) is 0 Å². The molecule has 1 aliphatic heterocycles. The standard InChI is InChI=1S/C13H24N4/c1-3-17-13(7-10-15-17)11-16(2)12-5-4-8-14-9-6-12/h7,10,12,14H,3-6,8-9,11H2,1-2H3. The maximum atomic E-state index is 4.33. The van der Waals surface area contributed by atoms with Crippen LogP contribution in [-0.2, 0) is 13.1 Å². The molecule has 0 bridgehead atoms. The molecule has 1 unspecified atom stereocenters. The van der Waals surface area contributed by atoms with E-state index in [1.165, 1.54) is 31.5 Å². The molecule has 1 aromatic rings. The molecule has 0 aliphatic carbocycles. The summed E-state index contributed by atoms with van der Waals surface area (Å²) in [5.74, 6) is 0. The zero-order chi connectivity index (χ0) is 12.1. The zero-order valence-electron chi connectivity index (χ0n) is 11.0. The molecule has 0 spiro atoms. The average Bonchev–Trinajstić information content (AvgIpc) is 2.62. The summed E-state index contributed by atoms with van der Waals surface area (Å²) in [5.41, 5.74) is 1.33. The van der Waals surface area contributed by atoms with E-state index in [4.69, 9.17) is 0 Å². The van der Waals surface area contributed by atoms with Crippen molar-refractivity contribution in [1.82, 2.24) is 20.0 Å². The summed E-state index contributed by atoms with van der Waals surface area (Å²) >= 11 is 0. The van der Waals surface area contributed by atoms with Crippen LogP contribution in [0.4, 0.5) is 0 Å². The molecule has 4 nitrogen and oxygen atoms in total. The Bertz CT molecular complexity index is 326. The SMILES string of the molecule is CCn1nccc1CN(C)C1CCCNCC1. The van der Waals surface area contributed by atoms with Crippen LogP contribution in [0.15, 0.2) is 12.3 Å². The van der Waals surface area contributed by atoms with E-state index < -0.39 is 0 Å². The van der Waals surface area contributed by atoms with Gasteiger partial charge in [-0.3, -0.25) is 9.58 Å². The van der Waals surface area contributed by atoms with E-state index >= 15 is 0 Å². The van der Waals surface area contributed by atoms with Crippen LogP contribution in [0.5, 0.6) is 0 Å². The van der Waals surface area contributed by atoms with Crippen LogP contribution >= 0.6 is 0 Å². The van der Waals surface area contributed by atoms with Gasteiger partial charge in [0.05, 0.1) is 5.69 Å². The lowest BCUT2D eigenvalue weighted by Crippen LogP contribution is -2.32. The first-order chi connectivity index (χ1) is 8.31. The lowest BCUT2D eigenvalue weighted by molar-refractivity contribution is 0.211. The number of hydrogen-bond acceptors (Lipinski definition) is 3. The van der Waals surface area contributed by atoms with Crippen molar-refractivity contribution in [3.63, 3.8) is 0 Å². The molecule has 1 saturated heterocycles. The topological polar surface area (TPSA) is 33.1 Å². The van der Waals surface area contributed by atoms with Gasteiger partial charge < -0.3 is 5.32 Å². The second kappa shape index (κ2) is 6.17. The second-order valence-electron chi connectivity index (χ2n) is 4.89. The molecule has 1 aliphatic rings. The highest BCUT2D eigenvalue weighted by Crippen LogP contribution is 2.14. The van der Waals surface area contributed by atoms with Crippen molar-refractivity contribution in [3.05, 3.63) is 18.0 Å². The monoisotopic (exact) mass is 236 g/mol. The third-order valence-corrected chi connectivity index (χ3v) is 3.68. The van der Waals surface area contributed by atoms with E-state index in [1.54, 1.807) is 0 Å². The van der Waals surface area contributed by atoms with Gasteiger partial charge in [0.1, 0.15) is 0 Å². The molecule has 0 saturated carbocycles. The van der Waals surface area contributed by atoms with E-state index in [0.717, 1.165) is 19.6 Å². The van der Waals surface area contributed by atoms with Crippen molar-refractivity contribution in [2.75, 3.05) is 20.1 Å². The Morgan fingerprint density at radius 2 is 2.35 bits per heavy atom. The highest BCUT2D eigenvalue weighted by Gasteiger charge is 2.17. The van der Waals surface area contributed by atoms with Gasteiger partial charge in [0.25, 0.3) is 0 Å². The smallest absolute Gasteiger partial charge is 0.0524 e. The van der Waals surface area contributed by atoms with Crippen LogP contribution in [0.1, 0.15) is 31.9 Å². The molecular weight excluding hydrogens is 212 g/mol. The highest BCUT2D eigenvalue weighted by molar-refractivity contribution is 5.00. The van der Waals surface area contributed by atoms with Crippen LogP contribution < -0.4 is 5.32 Å². The maximum Gasteiger partial charge on any atom is 0.0524 e. The van der Waals surface area contributed by atoms with Crippen LogP contribution in [0.3, 0.4) is 0 Å². The first kappa shape index (κ1) is 12.6. The van der Waals surface area contributed by atoms with Gasteiger partial charge in [-0.05, 0) is 52.4 Å². The number of hydrogen-bond donors (Lipinski definition) is 1. The molecule has 0 radical (unpaired) electrons. The summed E-state index contributed by atoms with van der Waals surface area (Å²) < 4.78 is 2.09. The maximum absolute atomic E-state index is 4.33. The normalized spacial score (nSPS) is 21.7. The summed E-state index contributed by atoms with van der Waals surface area (Å²) in [6.45, 7) is 6.45. The van der Waals surface area contributed by atoms with Gasteiger partial charge in [0.15, 0.2) is 0 Å². The Morgan fingerprint density at radius 1 is 1.47 bits per heavy atom. The van der Waals surface area contributed by atoms with Crippen molar-refractivity contribution in [2.45, 2.75) is 45.3 Å². The number of aromatic nitrogens is 2. The third-order valence-electron chi connectivity index (χ3n) is 3.68. The highest BCUT2D eigenvalue weighted by atomic mass is 15.3. The van der Waals surface area contributed by atoms with Crippen molar-refractivity contribution >= 4 is 0 Å². The van der Waals surface area contributed by atoms with Gasteiger partial charge in [-0.25, -0.2) is 0 Å². The van der Waals surface area contributed by atoms with Gasteiger partial charge >= 0.3 is 0 Å². The minimum absolute atomic E-state index is 0.713. The minimum atomic E-state index is 0.713. The quantitative estimate of drug-likeness (QED) is 0.859. The lowest BCUT2D eigenvalue weighted by Gasteiger charge is -2.26. The van der Waals surface area contributed by atoms with E-state index in [-0.39, 0.29) is 0 Å². The molecular formula is C13H24N4. The summed E-state index contributed by atoms with van der Waals surface area (Å²) in [4.78, 5) is 2.48. The molecule has 1 aromatic heterocycles. The molecule has 0 aromatic carbocycles. The molecule has 2 rings (SSSR count). The van der Waals surface area contributed by atoms with Crippen molar-refractivity contribution < 1.29 is 0 Å². The van der Waals surface area contributed by atoms with Crippen molar-refractivity contribution in [3.8, 4) is 0 Å². The number of nitrogens with one attached hydrogen (secondary N) is 1. The Hall–Kier alpha value is -0.870. The summed E-state index contributed by atoms with van der Waals surface area (Å²) in [7, 11) is 2.24. The van der Waals surface area contributed by atoms with Crippen molar-refractivity contribution in [1.29, 1.82) is 0 Å². The van der Waals surface area contributed by atoms with Crippen LogP contribution in [-0.4, -0.2) is 40.9 Å². The first-order valence-electron chi connectivity index (χ1n) is 6.73. The Labute approximate surface area is 104 Å². The number of aryl methyl sites for hydroxylation is 1. The molecule has 2 heterocycles. The van der Waals surface area contributed by atoms with E-state index in [2.05, 4.69) is 40.0 Å². The zero-order valence-corrected chi connectivity index (χ0v) is 11.0. The Balaban J connectivity index is 1.93. The van der Waals surface area contributed by atoms with Gasteiger partial charge in [-0.2, -0.15) is 5.10 Å². The molecule has 1 fully saturated rings. The number of nitrogens with zero attached hydrogens (tertiary/aromatic N) is 3. The van der Waals surface area contributed by atoms with E-state index in [1.807, 2.05) is 6.20 Å². The van der Waals surface area contributed by atoms with Gasteiger partial charge in [0.2, 0.25) is 0 Å². The summed E-state index contributed by atoms with van der Waals surface area (Å²) in [5, 5.41) is 7.80. The second-order valence-corrected chi connectivity index (χ2v) is 4.89. The summed E-state index contributed by atoms with van der Waals surface area (Å²) in [6, 6.07) is 2.85. The number of rotatable bonds is 4. The molecule has 96 valence electrons. The third kappa shape index (κ3) is 3.30. The molecule has 0 amide bonds. The van der Waals surface area contributed by atoms with E-state index in [9.17, 15) is 0 Å². The predicted octanol–water partition coefficient (Wildman–Crippen LogP) is 1.48. The van der Waals surface area contributed by atoms with Gasteiger partial charge in [-0.15, -0.1) is 0 Å². The molecule has 4 heteroatoms. The predicted molar refractivity (Wildman–Crippen MR) is 69.9 cm³/mol. The molecule has 1 N–H and O–H groups in total. The Kier molecular flexibility index (Phi) is 4.57. The van der Waals surface area contributed by atoms with Crippen LogP contribution in [0.25, 0.3) is 0 Å². The van der Waals surface area contributed by atoms with Gasteiger partial charge in [0, 0.05) is 25.3 Å². The minimum Gasteiger partial charge on any atom is -0.317 e. The first-order valence-corrected chi connectivity index (χ1v) is 6.73. The van der Waals surface area contributed by atoms with Crippen molar-refractivity contribution in [2.24, 2.45) is 0 Å². The fourth-order valence-corrected chi connectivity index (χ4v) is 2.61. The van der Waals surface area contributed by atoms with Crippen LogP contribution in [0.2, 0.25) is 0 Å². The fraction of sp³-hybridized carbons (Fsp3) is 0.769. The van der Waals surface area contributed by atoms with E-state index in [0.29, 0.717) is 6.04 Å². The summed E-state index contributed by atoms with van der Waals surface area (Å²) in [6.07, 6.45) is 5.77. The Morgan fingerprint density at radius 3 is 3.18 bits per heavy atom. The largest absolute Gasteiger partial charge is 0.317 e. The van der Waals surface area contributed by atoms with Gasteiger partial charge in [-0.1, -0.05) is 0 Å².